The molecule has 3 amide bonds. The molecule has 1 saturated carbocycles. The van der Waals surface area contributed by atoms with E-state index in [0.29, 0.717) is 32.2 Å². The van der Waals surface area contributed by atoms with Crippen LogP contribution in [0.1, 0.15) is 89.6 Å². The normalized spacial score (nSPS) is 21.3. The summed E-state index contributed by atoms with van der Waals surface area (Å²) in [7, 11) is 0. The summed E-state index contributed by atoms with van der Waals surface area (Å²) in [4.78, 5) is 43.1. The number of benzene rings is 1. The number of nitrogens with one attached hydrogen (secondary N) is 1. The van der Waals surface area contributed by atoms with Gasteiger partial charge in [-0.25, -0.2) is 4.79 Å². The van der Waals surface area contributed by atoms with Gasteiger partial charge in [-0.1, -0.05) is 6.92 Å². The second kappa shape index (κ2) is 12.0. The van der Waals surface area contributed by atoms with Gasteiger partial charge in [0.1, 0.15) is 11.4 Å². The zero-order valence-electron chi connectivity index (χ0n) is 25.7. The van der Waals surface area contributed by atoms with Crippen molar-refractivity contribution in [3.63, 3.8) is 0 Å². The summed E-state index contributed by atoms with van der Waals surface area (Å²) >= 11 is 0. The minimum atomic E-state index is -4.87. The minimum absolute atomic E-state index is 0.0710. The van der Waals surface area contributed by atoms with E-state index in [1.54, 1.807) is 41.5 Å². The summed E-state index contributed by atoms with van der Waals surface area (Å²) in [6.07, 6.45) is -4.33. The lowest BCUT2D eigenvalue weighted by molar-refractivity contribution is -0.138. The number of alkyl halides is 3. The Morgan fingerprint density at radius 1 is 1.21 bits per heavy atom. The van der Waals surface area contributed by atoms with E-state index in [4.69, 9.17) is 9.47 Å². The van der Waals surface area contributed by atoms with Crippen LogP contribution in [0.15, 0.2) is 12.1 Å². The number of halogens is 3. The fraction of sp³-hybridized carbons (Fsp3) is 0.700. The number of amides is 3. The molecule has 240 valence electrons. The summed E-state index contributed by atoms with van der Waals surface area (Å²) < 4.78 is 55.0. The number of nitrogens with zero attached hydrogens (tertiary/aromatic N) is 3. The molecule has 1 aromatic carbocycles. The lowest BCUT2D eigenvalue weighted by Crippen LogP contribution is -2.55. The van der Waals surface area contributed by atoms with Crippen molar-refractivity contribution in [2.45, 2.75) is 109 Å². The molecule has 13 heteroatoms. The van der Waals surface area contributed by atoms with Gasteiger partial charge in [-0.15, -0.1) is 0 Å². The maximum Gasteiger partial charge on any atom is 0.417 e. The van der Waals surface area contributed by atoms with E-state index in [0.717, 1.165) is 12.1 Å². The van der Waals surface area contributed by atoms with Gasteiger partial charge in [0.05, 0.1) is 22.9 Å². The van der Waals surface area contributed by atoms with E-state index in [1.165, 1.54) is 14.7 Å². The number of aliphatic hydroxyl groups is 1. The summed E-state index contributed by atoms with van der Waals surface area (Å²) in [5.74, 6) is -1.10. The molecule has 3 aliphatic rings. The van der Waals surface area contributed by atoms with Gasteiger partial charge in [-0.3, -0.25) is 9.59 Å². The average Bonchev–Trinajstić information content (AvgIpc) is 3.68. The first-order valence-corrected chi connectivity index (χ1v) is 14.9. The third-order valence-corrected chi connectivity index (χ3v) is 7.99. The molecule has 2 fully saturated rings. The van der Waals surface area contributed by atoms with Gasteiger partial charge < -0.3 is 34.6 Å². The monoisotopic (exact) mass is 612 g/mol. The van der Waals surface area contributed by atoms with Crippen LogP contribution < -0.4 is 15.0 Å². The highest BCUT2D eigenvalue weighted by molar-refractivity contribution is 5.98. The Labute approximate surface area is 250 Å². The Kier molecular flexibility index (Phi) is 9.16. The lowest BCUT2D eigenvalue weighted by Gasteiger charge is -2.43. The van der Waals surface area contributed by atoms with Crippen molar-refractivity contribution in [2.75, 3.05) is 31.1 Å². The summed E-state index contributed by atoms with van der Waals surface area (Å²) in [6, 6.07) is 0.969. The molecule has 0 bridgehead atoms. The summed E-state index contributed by atoms with van der Waals surface area (Å²) in [5, 5.41) is 13.9. The van der Waals surface area contributed by atoms with Crippen LogP contribution in [0.5, 0.6) is 5.75 Å². The van der Waals surface area contributed by atoms with Crippen LogP contribution in [0.25, 0.3) is 0 Å². The molecule has 1 saturated heterocycles. The molecule has 0 aromatic heterocycles. The lowest BCUT2D eigenvalue weighted by atomic mass is 9.97. The maximum absolute atomic E-state index is 14.5. The highest BCUT2D eigenvalue weighted by atomic mass is 19.4. The number of fused-ring (bicyclic) bond motifs is 1. The van der Waals surface area contributed by atoms with Crippen molar-refractivity contribution in [3.05, 3.63) is 23.3 Å². The zero-order valence-corrected chi connectivity index (χ0v) is 25.7. The third kappa shape index (κ3) is 7.13. The molecule has 10 nitrogen and oxygen atoms in total. The molecule has 1 spiro atoms. The van der Waals surface area contributed by atoms with Crippen molar-refractivity contribution in [2.24, 2.45) is 0 Å². The largest absolute Gasteiger partial charge is 0.480 e. The smallest absolute Gasteiger partial charge is 0.417 e. The Hall–Kier alpha value is -3.22. The summed E-state index contributed by atoms with van der Waals surface area (Å²) in [5.41, 5.74) is -3.31. The number of rotatable bonds is 7. The van der Waals surface area contributed by atoms with Gasteiger partial charge >= 0.3 is 12.3 Å². The molecule has 1 aromatic rings. The molecule has 1 aliphatic carbocycles. The van der Waals surface area contributed by atoms with E-state index in [-0.39, 0.29) is 43.4 Å². The topological polar surface area (TPSA) is 112 Å². The van der Waals surface area contributed by atoms with Crippen LogP contribution in [0.4, 0.5) is 23.7 Å². The second-order valence-corrected chi connectivity index (χ2v) is 12.8. The van der Waals surface area contributed by atoms with Gasteiger partial charge in [0.15, 0.2) is 11.8 Å². The molecule has 0 radical (unpaired) electrons. The minimum Gasteiger partial charge on any atom is -0.480 e. The molecule has 2 aliphatic heterocycles. The number of anilines is 1. The Morgan fingerprint density at radius 3 is 2.44 bits per heavy atom. The number of carbonyl (C=O) groups is 3. The first kappa shape index (κ1) is 32.7. The Bertz CT molecular complexity index is 1230. The van der Waals surface area contributed by atoms with Crippen molar-refractivity contribution >= 4 is 23.6 Å². The fourth-order valence-corrected chi connectivity index (χ4v) is 5.78. The van der Waals surface area contributed by atoms with Crippen LogP contribution in [-0.4, -0.2) is 88.5 Å². The van der Waals surface area contributed by atoms with Crippen molar-refractivity contribution < 1.29 is 42.1 Å². The SMILES string of the molecule is CCC(=O)NCCN1c2cc(C(=O)N(C(C)C)[C@@H]3CCCN(C(=O)OC(C)(C)C)C3)c(C(F)(F)F)cc2OC2(CC2)C1O. The number of ether oxygens (including phenoxy) is 2. The number of hydrogen-bond acceptors (Lipinski definition) is 7. The van der Waals surface area contributed by atoms with Crippen LogP contribution in [0.2, 0.25) is 0 Å². The molecular weight excluding hydrogens is 569 g/mol. The van der Waals surface area contributed by atoms with Gasteiger partial charge in [0.2, 0.25) is 5.91 Å². The van der Waals surface area contributed by atoms with Crippen molar-refractivity contribution in [1.82, 2.24) is 15.1 Å². The van der Waals surface area contributed by atoms with Crippen LogP contribution >= 0.6 is 0 Å². The predicted octanol–water partition coefficient (Wildman–Crippen LogP) is 4.53. The molecule has 1 unspecified atom stereocenters. The Balaban J connectivity index is 1.70. The quantitative estimate of drug-likeness (QED) is 0.466. The number of likely N-dealkylation sites (tertiary alicyclic amines) is 1. The van der Waals surface area contributed by atoms with E-state index >= 15 is 0 Å². The first-order chi connectivity index (χ1) is 20.0. The summed E-state index contributed by atoms with van der Waals surface area (Å²) in [6.45, 7) is 11.2. The fourth-order valence-electron chi connectivity index (χ4n) is 5.78. The highest BCUT2D eigenvalue weighted by Gasteiger charge is 2.58. The van der Waals surface area contributed by atoms with Crippen molar-refractivity contribution in [1.29, 1.82) is 0 Å². The number of piperidine rings is 1. The van der Waals surface area contributed by atoms with Crippen LogP contribution in [0.3, 0.4) is 0 Å². The first-order valence-electron chi connectivity index (χ1n) is 14.9. The van der Waals surface area contributed by atoms with Gasteiger partial charge in [0.25, 0.3) is 5.91 Å². The van der Waals surface area contributed by atoms with Gasteiger partial charge in [-0.2, -0.15) is 13.2 Å². The molecule has 2 heterocycles. The van der Waals surface area contributed by atoms with Gasteiger partial charge in [-0.05, 0) is 72.4 Å². The second-order valence-electron chi connectivity index (χ2n) is 12.8. The average molecular weight is 613 g/mol. The van der Waals surface area contributed by atoms with Crippen LogP contribution in [0, 0.1) is 0 Å². The van der Waals surface area contributed by atoms with E-state index in [9.17, 15) is 32.7 Å². The molecule has 2 N–H and O–H groups in total. The molecule has 4 rings (SSSR count). The maximum atomic E-state index is 14.5. The highest BCUT2D eigenvalue weighted by Crippen LogP contribution is 2.53. The van der Waals surface area contributed by atoms with E-state index in [1.807, 2.05) is 0 Å². The van der Waals surface area contributed by atoms with E-state index in [2.05, 4.69) is 5.32 Å². The Morgan fingerprint density at radius 2 is 1.88 bits per heavy atom. The van der Waals surface area contributed by atoms with Crippen LogP contribution in [-0.2, 0) is 15.7 Å². The number of hydrogen-bond donors (Lipinski definition) is 2. The van der Waals surface area contributed by atoms with Gasteiger partial charge in [0, 0.05) is 38.6 Å². The van der Waals surface area contributed by atoms with Crippen molar-refractivity contribution in [3.8, 4) is 5.75 Å². The molecule has 2 atom stereocenters. The number of aliphatic hydroxyl groups excluding tert-OH is 1. The molecular formula is C30H43F3N4O6. The predicted molar refractivity (Wildman–Crippen MR) is 153 cm³/mol. The molecule has 43 heavy (non-hydrogen) atoms. The number of carbonyl (C=O) groups excluding carboxylic acids is 3. The standard InChI is InChI=1S/C30H43F3N4O6/c1-7-24(38)34-12-14-36-22-15-20(21(30(31,32)33)16-23(22)42-29(10-11-29)26(36)40)25(39)37(18(2)3)19-9-8-13-35(17-19)27(41)43-28(4,5)6/h15-16,18-19,26,40H,7-14,17H2,1-6H3,(H,34,38)/t19-,26?/m1/s1. The third-order valence-electron chi connectivity index (χ3n) is 7.99. The van der Waals surface area contributed by atoms with E-state index < -0.39 is 58.8 Å². The zero-order chi connectivity index (χ0) is 31.9.